The minimum Gasteiger partial charge on any atom is -0.342 e. The van der Waals surface area contributed by atoms with Crippen molar-refractivity contribution in [2.45, 2.75) is 25.7 Å². The molecule has 0 saturated carbocycles. The molecule has 0 saturated heterocycles. The first-order valence-electron chi connectivity index (χ1n) is 7.71. The Morgan fingerprint density at radius 3 is 2.57 bits per heavy atom. The van der Waals surface area contributed by atoms with Gasteiger partial charge >= 0.3 is 0 Å². The zero-order valence-corrected chi connectivity index (χ0v) is 13.4. The molecule has 0 bridgehead atoms. The van der Waals surface area contributed by atoms with Crippen LogP contribution in [-0.2, 0) is 9.59 Å². The number of hydrogen-bond acceptors (Lipinski definition) is 3. The molecule has 5 heteroatoms. The number of hydrogen-bond donors (Lipinski definition) is 2. The van der Waals surface area contributed by atoms with Gasteiger partial charge in [-0.05, 0) is 18.4 Å². The summed E-state index contributed by atoms with van der Waals surface area (Å²) in [6.45, 7) is 0.645. The van der Waals surface area contributed by atoms with Gasteiger partial charge < -0.3 is 4.90 Å². The first kappa shape index (κ1) is 18.6. The number of nitrogens with one attached hydrogen (secondary N) is 1. The molecule has 0 aromatic heterocycles. The smallest absolute Gasteiger partial charge is 0.246 e. The molecule has 0 atom stereocenters. The summed E-state index contributed by atoms with van der Waals surface area (Å²) in [6.07, 6.45) is 9.72. The van der Waals surface area contributed by atoms with Crippen LogP contribution in [0.5, 0.6) is 0 Å². The molecule has 5 nitrogen and oxygen atoms in total. The van der Waals surface area contributed by atoms with Gasteiger partial charge in [0, 0.05) is 26.1 Å². The lowest BCUT2D eigenvalue weighted by molar-refractivity contribution is -0.129. The summed E-state index contributed by atoms with van der Waals surface area (Å²) in [7, 11) is 1.76. The van der Waals surface area contributed by atoms with E-state index in [1.165, 1.54) is 0 Å². The van der Waals surface area contributed by atoms with E-state index in [9.17, 15) is 9.59 Å². The highest BCUT2D eigenvalue weighted by molar-refractivity contribution is 5.87. The lowest BCUT2D eigenvalue weighted by Gasteiger charge is -2.14. The van der Waals surface area contributed by atoms with Crippen molar-refractivity contribution in [3.8, 4) is 0 Å². The van der Waals surface area contributed by atoms with Gasteiger partial charge in [-0.25, -0.2) is 5.48 Å². The molecule has 0 radical (unpaired) electrons. The van der Waals surface area contributed by atoms with Gasteiger partial charge in [-0.3, -0.25) is 14.8 Å². The summed E-state index contributed by atoms with van der Waals surface area (Å²) in [5, 5.41) is 8.36. The molecule has 0 spiro atoms. The Hall–Kier alpha value is -2.40. The average Bonchev–Trinajstić information content (AvgIpc) is 2.58. The maximum atomic E-state index is 11.9. The standard InChI is InChI=1S/C18H24N2O3/c1-20(15-9-3-6-13-17(21)19-23)18(22)14-8-7-12-16-10-4-2-5-11-16/h2,4-5,7-8,10-12,14,23H,3,6,9,13,15H2,1H3,(H,19,21). The van der Waals surface area contributed by atoms with Crippen LogP contribution < -0.4 is 5.48 Å². The minimum atomic E-state index is -0.373. The molecular formula is C18H24N2O3. The number of nitrogens with zero attached hydrogens (tertiary/aromatic N) is 1. The molecule has 23 heavy (non-hydrogen) atoms. The van der Waals surface area contributed by atoms with E-state index in [-0.39, 0.29) is 11.8 Å². The number of carbonyl (C=O) groups excluding carboxylic acids is 2. The van der Waals surface area contributed by atoms with Gasteiger partial charge in [-0.2, -0.15) is 0 Å². The molecule has 1 aromatic carbocycles. The zero-order valence-electron chi connectivity index (χ0n) is 13.4. The highest BCUT2D eigenvalue weighted by atomic mass is 16.5. The molecule has 0 aliphatic heterocycles. The van der Waals surface area contributed by atoms with E-state index in [4.69, 9.17) is 5.21 Å². The fourth-order valence-corrected chi connectivity index (χ4v) is 1.97. The Bertz CT molecular complexity index is 538. The second-order valence-electron chi connectivity index (χ2n) is 5.23. The summed E-state index contributed by atoms with van der Waals surface area (Å²) >= 11 is 0. The van der Waals surface area contributed by atoms with Crippen LogP contribution in [0.25, 0.3) is 6.08 Å². The first-order chi connectivity index (χ1) is 11.1. The molecule has 2 N–H and O–H groups in total. The molecular weight excluding hydrogens is 292 g/mol. The summed E-state index contributed by atoms with van der Waals surface area (Å²) in [4.78, 5) is 24.4. The lowest BCUT2D eigenvalue weighted by atomic mass is 10.2. The second kappa shape index (κ2) is 11.2. The highest BCUT2D eigenvalue weighted by Crippen LogP contribution is 2.03. The number of amides is 2. The molecule has 0 fully saturated rings. The van der Waals surface area contributed by atoms with Gasteiger partial charge in [0.05, 0.1) is 0 Å². The van der Waals surface area contributed by atoms with Crippen LogP contribution in [-0.4, -0.2) is 35.5 Å². The van der Waals surface area contributed by atoms with Gasteiger partial charge in [0.2, 0.25) is 11.8 Å². The number of benzene rings is 1. The third kappa shape index (κ3) is 8.58. The fraction of sp³-hybridized carbons (Fsp3) is 0.333. The van der Waals surface area contributed by atoms with Gasteiger partial charge in [0.25, 0.3) is 0 Å². The van der Waals surface area contributed by atoms with E-state index < -0.39 is 0 Å². The Kier molecular flexibility index (Phi) is 9.09. The van der Waals surface area contributed by atoms with Gasteiger partial charge in [0.15, 0.2) is 0 Å². The first-order valence-corrected chi connectivity index (χ1v) is 7.71. The molecule has 1 rings (SSSR count). The number of hydroxylamine groups is 1. The summed E-state index contributed by atoms with van der Waals surface area (Å²) in [5.74, 6) is -0.418. The van der Waals surface area contributed by atoms with Gasteiger partial charge in [-0.1, -0.05) is 55.0 Å². The highest BCUT2D eigenvalue weighted by Gasteiger charge is 2.04. The lowest BCUT2D eigenvalue weighted by Crippen LogP contribution is -2.25. The van der Waals surface area contributed by atoms with Crippen LogP contribution >= 0.6 is 0 Å². The predicted molar refractivity (Wildman–Crippen MR) is 90.7 cm³/mol. The normalized spacial score (nSPS) is 11.0. The molecule has 124 valence electrons. The van der Waals surface area contributed by atoms with Crippen molar-refractivity contribution in [2.24, 2.45) is 0 Å². The third-order valence-corrected chi connectivity index (χ3v) is 3.34. The number of carbonyl (C=O) groups is 2. The van der Waals surface area contributed by atoms with Crippen molar-refractivity contribution in [3.63, 3.8) is 0 Å². The van der Waals surface area contributed by atoms with E-state index >= 15 is 0 Å². The number of unbranched alkanes of at least 4 members (excludes halogenated alkanes) is 2. The molecule has 0 aliphatic rings. The number of rotatable bonds is 9. The van der Waals surface area contributed by atoms with Crippen LogP contribution in [0.1, 0.15) is 31.2 Å². The Morgan fingerprint density at radius 1 is 1.13 bits per heavy atom. The van der Waals surface area contributed by atoms with Crippen LogP contribution in [0, 0.1) is 0 Å². The maximum Gasteiger partial charge on any atom is 0.246 e. The van der Waals surface area contributed by atoms with Crippen molar-refractivity contribution >= 4 is 17.9 Å². The second-order valence-corrected chi connectivity index (χ2v) is 5.23. The van der Waals surface area contributed by atoms with Crippen molar-refractivity contribution in [1.29, 1.82) is 0 Å². The monoisotopic (exact) mass is 316 g/mol. The minimum absolute atomic E-state index is 0.0455. The molecule has 1 aromatic rings. The Labute approximate surface area is 137 Å². The quantitative estimate of drug-likeness (QED) is 0.242. The van der Waals surface area contributed by atoms with Crippen LogP contribution in [0.4, 0.5) is 0 Å². The Balaban J connectivity index is 2.21. The van der Waals surface area contributed by atoms with Gasteiger partial charge in [0.1, 0.15) is 0 Å². The maximum absolute atomic E-state index is 11.9. The van der Waals surface area contributed by atoms with Crippen LogP contribution in [0.2, 0.25) is 0 Å². The zero-order chi connectivity index (χ0) is 16.9. The molecule has 2 amide bonds. The van der Waals surface area contributed by atoms with Crippen molar-refractivity contribution in [3.05, 3.63) is 54.1 Å². The summed E-state index contributed by atoms with van der Waals surface area (Å²) in [6, 6.07) is 9.88. The van der Waals surface area contributed by atoms with E-state index in [2.05, 4.69) is 0 Å². The van der Waals surface area contributed by atoms with Crippen molar-refractivity contribution < 1.29 is 14.8 Å². The average molecular weight is 316 g/mol. The van der Waals surface area contributed by atoms with Crippen molar-refractivity contribution in [1.82, 2.24) is 10.4 Å². The van der Waals surface area contributed by atoms with E-state index in [1.54, 1.807) is 29.6 Å². The van der Waals surface area contributed by atoms with Crippen LogP contribution in [0.15, 0.2) is 48.6 Å². The van der Waals surface area contributed by atoms with E-state index in [0.717, 1.165) is 18.4 Å². The summed E-state index contributed by atoms with van der Waals surface area (Å²) in [5.41, 5.74) is 2.69. The van der Waals surface area contributed by atoms with E-state index in [1.807, 2.05) is 42.5 Å². The topological polar surface area (TPSA) is 69.6 Å². The predicted octanol–water partition coefficient (Wildman–Crippen LogP) is 2.78. The SMILES string of the molecule is CN(CCCCCC(=O)NO)C(=O)C=CC=Cc1ccccc1. The third-order valence-electron chi connectivity index (χ3n) is 3.34. The number of likely N-dealkylation sites (N-methyl/N-ethyl adjacent to an activating group) is 1. The fourth-order valence-electron chi connectivity index (χ4n) is 1.97. The molecule has 0 heterocycles. The largest absolute Gasteiger partial charge is 0.342 e. The number of allylic oxidation sites excluding steroid dienone is 2. The molecule has 0 unspecified atom stereocenters. The summed E-state index contributed by atoms with van der Waals surface area (Å²) < 4.78 is 0. The van der Waals surface area contributed by atoms with Gasteiger partial charge in [-0.15, -0.1) is 0 Å². The van der Waals surface area contributed by atoms with E-state index in [0.29, 0.717) is 19.4 Å². The van der Waals surface area contributed by atoms with Crippen LogP contribution in [0.3, 0.4) is 0 Å². The van der Waals surface area contributed by atoms with Crippen molar-refractivity contribution in [2.75, 3.05) is 13.6 Å². The Morgan fingerprint density at radius 2 is 1.87 bits per heavy atom. The molecule has 0 aliphatic carbocycles.